The first kappa shape index (κ1) is 19.6. The Labute approximate surface area is 174 Å². The first-order valence-electron chi connectivity index (χ1n) is 9.85. The summed E-state index contributed by atoms with van der Waals surface area (Å²) in [5, 5.41) is 0.414. The van der Waals surface area contributed by atoms with Gasteiger partial charge in [0.1, 0.15) is 5.56 Å². The van der Waals surface area contributed by atoms with E-state index in [1.807, 2.05) is 60.7 Å². The fourth-order valence-corrected chi connectivity index (χ4v) is 3.73. The Hall–Kier alpha value is -3.73. The van der Waals surface area contributed by atoms with Crippen molar-refractivity contribution in [2.45, 2.75) is 19.4 Å². The number of aromatic nitrogens is 2. The number of rotatable bonds is 6. The summed E-state index contributed by atoms with van der Waals surface area (Å²) in [4.78, 5) is 30.6. The van der Waals surface area contributed by atoms with Gasteiger partial charge in [-0.1, -0.05) is 60.7 Å². The van der Waals surface area contributed by atoms with Crippen LogP contribution in [0.2, 0.25) is 0 Å². The van der Waals surface area contributed by atoms with Crippen molar-refractivity contribution in [1.82, 2.24) is 9.55 Å². The number of nitrogens with zero attached hydrogens (tertiary/aromatic N) is 2. The highest BCUT2D eigenvalue weighted by Crippen LogP contribution is 2.22. The second-order valence-electron chi connectivity index (χ2n) is 7.08. The van der Waals surface area contributed by atoms with Gasteiger partial charge in [-0.25, -0.2) is 4.79 Å². The van der Waals surface area contributed by atoms with E-state index in [1.54, 1.807) is 22.9 Å². The first-order valence-corrected chi connectivity index (χ1v) is 9.85. The van der Waals surface area contributed by atoms with Crippen molar-refractivity contribution in [3.05, 3.63) is 112 Å². The third-order valence-electron chi connectivity index (χ3n) is 5.20. The third-order valence-corrected chi connectivity index (χ3v) is 5.20. The van der Waals surface area contributed by atoms with Crippen LogP contribution < -0.4 is 5.56 Å². The Morgan fingerprint density at radius 1 is 0.900 bits per heavy atom. The molecule has 150 valence electrons. The molecule has 4 aromatic rings. The molecule has 0 N–H and O–H groups in total. The zero-order valence-electron chi connectivity index (χ0n) is 16.7. The molecule has 4 rings (SSSR count). The Balaban J connectivity index is 1.92. The van der Waals surface area contributed by atoms with E-state index in [9.17, 15) is 9.59 Å². The largest absolute Gasteiger partial charge is 0.465 e. The molecule has 0 bridgehead atoms. The van der Waals surface area contributed by atoms with Crippen molar-refractivity contribution >= 4 is 16.9 Å². The van der Waals surface area contributed by atoms with E-state index in [-0.39, 0.29) is 5.56 Å². The lowest BCUT2D eigenvalue weighted by Gasteiger charge is -2.18. The third kappa shape index (κ3) is 3.87. The van der Waals surface area contributed by atoms with E-state index in [4.69, 9.17) is 4.74 Å². The number of hydrogen-bond donors (Lipinski definition) is 0. The molecule has 5 heteroatoms. The highest BCUT2D eigenvalue weighted by atomic mass is 16.5. The summed E-state index contributed by atoms with van der Waals surface area (Å²) in [5.74, 6) is -0.483. The zero-order chi connectivity index (χ0) is 20.9. The SMILES string of the molecule is COC(=O)c1c(CCc2ccccc2)n(Cc2ccccc2)c(=O)c2cccnc12. The van der Waals surface area contributed by atoms with E-state index in [2.05, 4.69) is 4.98 Å². The molecule has 0 atom stereocenters. The monoisotopic (exact) mass is 398 g/mol. The van der Waals surface area contributed by atoms with E-state index < -0.39 is 5.97 Å². The summed E-state index contributed by atoms with van der Waals surface area (Å²) < 4.78 is 6.78. The summed E-state index contributed by atoms with van der Waals surface area (Å²) in [7, 11) is 1.35. The minimum Gasteiger partial charge on any atom is -0.465 e. The summed E-state index contributed by atoms with van der Waals surface area (Å²) in [6.45, 7) is 0.374. The van der Waals surface area contributed by atoms with Gasteiger partial charge in [-0.3, -0.25) is 9.78 Å². The molecule has 30 heavy (non-hydrogen) atoms. The van der Waals surface area contributed by atoms with Crippen molar-refractivity contribution in [3.63, 3.8) is 0 Å². The van der Waals surface area contributed by atoms with Gasteiger partial charge in [-0.05, 0) is 36.1 Å². The Morgan fingerprint density at radius 3 is 2.23 bits per heavy atom. The molecular weight excluding hydrogens is 376 g/mol. The molecule has 0 aliphatic heterocycles. The van der Waals surface area contributed by atoms with Gasteiger partial charge in [0.25, 0.3) is 5.56 Å². The molecule has 2 aromatic heterocycles. The fourth-order valence-electron chi connectivity index (χ4n) is 3.73. The lowest BCUT2D eigenvalue weighted by Crippen LogP contribution is -2.28. The van der Waals surface area contributed by atoms with Gasteiger partial charge in [0.15, 0.2) is 0 Å². The first-order chi connectivity index (χ1) is 14.7. The number of pyridine rings is 2. The molecule has 0 saturated heterocycles. The molecule has 2 heterocycles. The quantitative estimate of drug-likeness (QED) is 0.460. The van der Waals surface area contributed by atoms with Crippen LogP contribution in [0, 0.1) is 0 Å². The van der Waals surface area contributed by atoms with Crippen LogP contribution in [0.15, 0.2) is 83.8 Å². The van der Waals surface area contributed by atoms with Crippen LogP contribution in [0.1, 0.15) is 27.2 Å². The van der Waals surface area contributed by atoms with Crippen LogP contribution in [-0.4, -0.2) is 22.6 Å². The number of esters is 1. The number of carbonyl (C=O) groups is 1. The van der Waals surface area contributed by atoms with Crippen LogP contribution in [0.3, 0.4) is 0 Å². The highest BCUT2D eigenvalue weighted by Gasteiger charge is 2.23. The number of ether oxygens (including phenoxy) is 1. The van der Waals surface area contributed by atoms with Gasteiger partial charge in [-0.15, -0.1) is 0 Å². The minimum absolute atomic E-state index is 0.155. The molecule has 0 spiro atoms. The number of fused-ring (bicyclic) bond motifs is 1. The maximum absolute atomic E-state index is 13.4. The van der Waals surface area contributed by atoms with Gasteiger partial charge < -0.3 is 9.30 Å². The summed E-state index contributed by atoms with van der Waals surface area (Å²) in [6.07, 6.45) is 2.80. The van der Waals surface area contributed by atoms with E-state index in [0.29, 0.717) is 41.5 Å². The van der Waals surface area contributed by atoms with Crippen LogP contribution >= 0.6 is 0 Å². The Bertz CT molecular complexity index is 1230. The number of methoxy groups -OCH3 is 1. The molecule has 0 radical (unpaired) electrons. The average Bonchev–Trinajstić information content (AvgIpc) is 2.80. The predicted octanol–water partition coefficient (Wildman–Crippen LogP) is 4.02. The summed E-state index contributed by atoms with van der Waals surface area (Å²) in [6, 6.07) is 23.2. The molecule has 5 nitrogen and oxygen atoms in total. The number of aryl methyl sites for hydroxylation is 1. The molecule has 0 unspecified atom stereocenters. The number of hydrogen-bond acceptors (Lipinski definition) is 4. The van der Waals surface area contributed by atoms with Crippen LogP contribution in [0.4, 0.5) is 0 Å². The Kier molecular flexibility index (Phi) is 5.70. The van der Waals surface area contributed by atoms with E-state index in [0.717, 1.165) is 11.1 Å². The molecule has 0 fully saturated rings. The maximum Gasteiger partial charge on any atom is 0.341 e. The second kappa shape index (κ2) is 8.74. The van der Waals surface area contributed by atoms with Gasteiger partial charge >= 0.3 is 5.97 Å². The molecule has 0 saturated carbocycles. The van der Waals surface area contributed by atoms with E-state index in [1.165, 1.54) is 7.11 Å². The van der Waals surface area contributed by atoms with Crippen molar-refractivity contribution < 1.29 is 9.53 Å². The normalized spacial score (nSPS) is 10.8. The smallest absolute Gasteiger partial charge is 0.341 e. The molecule has 0 aliphatic rings. The second-order valence-corrected chi connectivity index (χ2v) is 7.08. The number of benzene rings is 2. The molecular formula is C25H22N2O3. The Morgan fingerprint density at radius 2 is 1.57 bits per heavy atom. The van der Waals surface area contributed by atoms with Crippen LogP contribution in [0.25, 0.3) is 10.9 Å². The van der Waals surface area contributed by atoms with Gasteiger partial charge in [0.05, 0.1) is 24.6 Å². The van der Waals surface area contributed by atoms with Gasteiger partial charge in [0.2, 0.25) is 0 Å². The van der Waals surface area contributed by atoms with Crippen molar-refractivity contribution in [2.75, 3.05) is 7.11 Å². The fraction of sp³-hybridized carbons (Fsp3) is 0.160. The number of carbonyl (C=O) groups excluding carboxylic acids is 1. The zero-order valence-corrected chi connectivity index (χ0v) is 16.7. The lowest BCUT2D eigenvalue weighted by molar-refractivity contribution is 0.0600. The minimum atomic E-state index is -0.483. The average molecular weight is 398 g/mol. The van der Waals surface area contributed by atoms with Crippen LogP contribution in [0.5, 0.6) is 0 Å². The van der Waals surface area contributed by atoms with Crippen LogP contribution in [-0.2, 0) is 24.1 Å². The summed E-state index contributed by atoms with van der Waals surface area (Å²) >= 11 is 0. The van der Waals surface area contributed by atoms with E-state index >= 15 is 0 Å². The molecule has 2 aromatic carbocycles. The topological polar surface area (TPSA) is 61.2 Å². The summed E-state index contributed by atoms with van der Waals surface area (Å²) in [5.41, 5.74) is 3.36. The van der Waals surface area contributed by atoms with Crippen molar-refractivity contribution in [3.8, 4) is 0 Å². The predicted molar refractivity (Wildman–Crippen MR) is 117 cm³/mol. The van der Waals surface area contributed by atoms with Gasteiger partial charge in [-0.2, -0.15) is 0 Å². The molecule has 0 aliphatic carbocycles. The van der Waals surface area contributed by atoms with Gasteiger partial charge in [0, 0.05) is 11.9 Å². The molecule has 0 amide bonds. The lowest BCUT2D eigenvalue weighted by atomic mass is 10.0. The standard InChI is InChI=1S/C25H22N2O3/c1-30-25(29)22-21(15-14-18-9-4-2-5-10-18)27(17-19-11-6-3-7-12-19)24(28)20-13-8-16-26-23(20)22/h2-13,16H,14-15,17H2,1H3. The maximum atomic E-state index is 13.4. The van der Waals surface area contributed by atoms with Crippen molar-refractivity contribution in [1.29, 1.82) is 0 Å². The van der Waals surface area contributed by atoms with Crippen molar-refractivity contribution in [2.24, 2.45) is 0 Å². The highest BCUT2D eigenvalue weighted by molar-refractivity contribution is 6.03.